The Morgan fingerprint density at radius 3 is 2.42 bits per heavy atom. The predicted octanol–water partition coefficient (Wildman–Crippen LogP) is 2.99. The Balaban J connectivity index is 1.53. The summed E-state index contributed by atoms with van der Waals surface area (Å²) in [5.41, 5.74) is 6.77. The van der Waals surface area contributed by atoms with Gasteiger partial charge in [-0.15, -0.1) is 0 Å². The molecule has 1 atom stereocenters. The fourth-order valence-corrected chi connectivity index (χ4v) is 4.99. The van der Waals surface area contributed by atoms with Crippen LogP contribution in [0.3, 0.4) is 0 Å². The number of nitrogens with zero attached hydrogens (tertiary/aromatic N) is 1. The third kappa shape index (κ3) is 1.87. The van der Waals surface area contributed by atoms with E-state index in [1.165, 1.54) is 40.3 Å². The molecule has 0 fully saturated rings. The zero-order chi connectivity index (χ0) is 17.4. The molecule has 2 aliphatic heterocycles. The first kappa shape index (κ1) is 14.4. The molecule has 4 heteroatoms. The molecule has 0 bridgehead atoms. The van der Waals surface area contributed by atoms with Gasteiger partial charge in [0, 0.05) is 17.6 Å². The molecule has 4 nitrogen and oxygen atoms in total. The highest BCUT2D eigenvalue weighted by atomic mass is 16.2. The normalized spacial score (nSPS) is 23.4. The Labute approximate surface area is 151 Å². The van der Waals surface area contributed by atoms with Crippen molar-refractivity contribution in [1.82, 2.24) is 5.32 Å². The van der Waals surface area contributed by atoms with E-state index in [0.29, 0.717) is 24.2 Å². The molecule has 2 aliphatic carbocycles. The Bertz CT molecular complexity index is 1110. The second-order valence-corrected chi connectivity index (χ2v) is 7.82. The van der Waals surface area contributed by atoms with Gasteiger partial charge in [-0.05, 0) is 65.6 Å². The highest BCUT2D eigenvalue weighted by Gasteiger charge is 2.41. The van der Waals surface area contributed by atoms with Gasteiger partial charge < -0.3 is 5.32 Å². The Kier molecular flexibility index (Phi) is 2.72. The molecule has 0 radical (unpaired) electrons. The van der Waals surface area contributed by atoms with Gasteiger partial charge in [-0.1, -0.05) is 18.2 Å². The Morgan fingerprint density at radius 1 is 0.885 bits per heavy atom. The number of carbonyl (C=O) groups is 2. The van der Waals surface area contributed by atoms with Crippen LogP contribution in [-0.4, -0.2) is 17.4 Å². The maximum Gasteiger partial charge on any atom is 0.225 e. The number of carbonyl (C=O) groups excluding carboxylic acids is 2. The summed E-state index contributed by atoms with van der Waals surface area (Å²) in [5, 5.41) is 5.29. The molecule has 128 valence electrons. The SMILES string of the molecule is O=C1CCC2=C(N=C3c4cc5cc6c(cc5cc4CC3C2=O)CCC6)N1. The maximum absolute atomic E-state index is 13.0. The predicted molar refractivity (Wildman–Crippen MR) is 99.1 cm³/mol. The fourth-order valence-electron chi connectivity index (χ4n) is 4.99. The van der Waals surface area contributed by atoms with Crippen molar-refractivity contribution in [2.24, 2.45) is 10.9 Å². The van der Waals surface area contributed by atoms with E-state index in [-0.39, 0.29) is 17.6 Å². The van der Waals surface area contributed by atoms with Crippen molar-refractivity contribution >= 4 is 28.2 Å². The van der Waals surface area contributed by atoms with Crippen LogP contribution in [0.4, 0.5) is 0 Å². The van der Waals surface area contributed by atoms with Crippen molar-refractivity contribution in [3.63, 3.8) is 0 Å². The van der Waals surface area contributed by atoms with Crippen LogP contribution in [0.5, 0.6) is 0 Å². The van der Waals surface area contributed by atoms with Crippen molar-refractivity contribution < 1.29 is 9.59 Å². The molecular formula is C22H18N2O2. The van der Waals surface area contributed by atoms with Gasteiger partial charge in [-0.2, -0.15) is 0 Å². The standard InChI is InChI=1S/C22H18N2O2/c25-19-5-4-16-21(26)18-10-15-8-13-6-11-2-1-3-12(11)7-14(13)9-17(15)20(18)24-22(16)23-19/h6-9,18H,1-5,10H2,(H,23,25). The van der Waals surface area contributed by atoms with Crippen LogP contribution < -0.4 is 5.32 Å². The van der Waals surface area contributed by atoms with E-state index in [9.17, 15) is 9.59 Å². The van der Waals surface area contributed by atoms with Crippen LogP contribution in [0.25, 0.3) is 10.8 Å². The number of allylic oxidation sites excluding steroid dienone is 1. The average molecular weight is 342 g/mol. The molecule has 1 N–H and O–H groups in total. The Morgan fingerprint density at radius 2 is 1.62 bits per heavy atom. The third-order valence-corrected chi connectivity index (χ3v) is 6.29. The zero-order valence-electron chi connectivity index (χ0n) is 14.4. The first-order chi connectivity index (χ1) is 12.7. The molecule has 2 aromatic carbocycles. The second kappa shape index (κ2) is 4.91. The number of fused-ring (bicyclic) bond motifs is 5. The number of amides is 1. The van der Waals surface area contributed by atoms with Crippen molar-refractivity contribution in [3.8, 4) is 0 Å². The van der Waals surface area contributed by atoms with Gasteiger partial charge in [-0.25, -0.2) is 4.99 Å². The van der Waals surface area contributed by atoms with E-state index in [0.717, 1.165) is 24.1 Å². The van der Waals surface area contributed by atoms with Gasteiger partial charge in [-0.3, -0.25) is 9.59 Å². The maximum atomic E-state index is 13.0. The lowest BCUT2D eigenvalue weighted by atomic mass is 9.87. The number of aryl methyl sites for hydroxylation is 2. The van der Waals surface area contributed by atoms with Gasteiger partial charge in [0.1, 0.15) is 5.82 Å². The first-order valence-electron chi connectivity index (χ1n) is 9.42. The van der Waals surface area contributed by atoms with E-state index >= 15 is 0 Å². The Hall–Kier alpha value is -2.75. The summed E-state index contributed by atoms with van der Waals surface area (Å²) >= 11 is 0. The molecule has 0 spiro atoms. The summed E-state index contributed by atoms with van der Waals surface area (Å²) in [6, 6.07) is 9.08. The zero-order valence-corrected chi connectivity index (χ0v) is 14.4. The molecule has 4 aliphatic rings. The van der Waals surface area contributed by atoms with Crippen molar-refractivity contribution in [3.05, 3.63) is 57.9 Å². The van der Waals surface area contributed by atoms with Crippen LogP contribution in [0.2, 0.25) is 0 Å². The van der Waals surface area contributed by atoms with E-state index in [2.05, 4.69) is 29.6 Å². The topological polar surface area (TPSA) is 58.5 Å². The lowest BCUT2D eigenvalue weighted by molar-refractivity contribution is -0.121. The lowest BCUT2D eigenvalue weighted by Crippen LogP contribution is -2.36. The van der Waals surface area contributed by atoms with Crippen LogP contribution >= 0.6 is 0 Å². The molecular weight excluding hydrogens is 324 g/mol. The average Bonchev–Trinajstić information content (AvgIpc) is 3.22. The van der Waals surface area contributed by atoms with E-state index in [1.54, 1.807) is 0 Å². The summed E-state index contributed by atoms with van der Waals surface area (Å²) < 4.78 is 0. The van der Waals surface area contributed by atoms with Crippen LogP contribution in [0.15, 0.2) is 40.7 Å². The number of benzene rings is 2. The minimum Gasteiger partial charge on any atom is -0.310 e. The van der Waals surface area contributed by atoms with Gasteiger partial charge in [0.2, 0.25) is 5.91 Å². The summed E-state index contributed by atoms with van der Waals surface area (Å²) in [6.45, 7) is 0. The molecule has 0 saturated carbocycles. The van der Waals surface area contributed by atoms with E-state index in [1.807, 2.05) is 0 Å². The van der Waals surface area contributed by atoms with E-state index < -0.39 is 0 Å². The second-order valence-electron chi connectivity index (χ2n) is 7.82. The number of rotatable bonds is 0. The lowest BCUT2D eigenvalue weighted by Gasteiger charge is -2.25. The molecule has 2 heterocycles. The molecule has 2 aromatic rings. The highest BCUT2D eigenvalue weighted by molar-refractivity contribution is 6.24. The van der Waals surface area contributed by atoms with Gasteiger partial charge >= 0.3 is 0 Å². The van der Waals surface area contributed by atoms with Gasteiger partial charge in [0.05, 0.1) is 11.6 Å². The molecule has 1 amide bonds. The smallest absolute Gasteiger partial charge is 0.225 e. The minimum atomic E-state index is -0.178. The van der Waals surface area contributed by atoms with Crippen LogP contribution in [-0.2, 0) is 28.9 Å². The van der Waals surface area contributed by atoms with Gasteiger partial charge in [0.15, 0.2) is 5.78 Å². The van der Waals surface area contributed by atoms with E-state index in [4.69, 9.17) is 4.99 Å². The van der Waals surface area contributed by atoms with Crippen molar-refractivity contribution in [1.29, 1.82) is 0 Å². The number of Topliss-reactive ketones (excluding diaryl/α,β-unsaturated/α-hetero) is 1. The van der Waals surface area contributed by atoms with Crippen molar-refractivity contribution in [2.75, 3.05) is 0 Å². The number of ketones is 1. The van der Waals surface area contributed by atoms with Crippen molar-refractivity contribution in [2.45, 2.75) is 38.5 Å². The summed E-state index contributed by atoms with van der Waals surface area (Å²) in [4.78, 5) is 29.4. The fraction of sp³-hybridized carbons (Fsp3) is 0.318. The van der Waals surface area contributed by atoms with Gasteiger partial charge in [0.25, 0.3) is 0 Å². The number of hydrogen-bond donors (Lipinski definition) is 1. The third-order valence-electron chi connectivity index (χ3n) is 6.29. The quantitative estimate of drug-likeness (QED) is 0.800. The summed E-state index contributed by atoms with van der Waals surface area (Å²) in [5.74, 6) is 0.404. The largest absolute Gasteiger partial charge is 0.310 e. The molecule has 0 saturated heterocycles. The summed E-state index contributed by atoms with van der Waals surface area (Å²) in [6.07, 6.45) is 5.19. The van der Waals surface area contributed by atoms with Crippen LogP contribution in [0, 0.1) is 5.92 Å². The molecule has 1 unspecified atom stereocenters. The summed E-state index contributed by atoms with van der Waals surface area (Å²) in [7, 11) is 0. The number of hydrogen-bond acceptors (Lipinski definition) is 3. The molecule has 6 rings (SSSR count). The molecule has 0 aromatic heterocycles. The molecule has 26 heavy (non-hydrogen) atoms. The highest BCUT2D eigenvalue weighted by Crippen LogP contribution is 2.39. The minimum absolute atomic E-state index is 0.0494. The number of aliphatic imine (C=N–C) groups is 1. The first-order valence-corrected chi connectivity index (χ1v) is 9.42. The van der Waals surface area contributed by atoms with Crippen LogP contribution in [0.1, 0.15) is 41.5 Å². The number of nitrogens with one attached hydrogen (secondary N) is 1. The monoisotopic (exact) mass is 342 g/mol.